The molecule has 0 saturated carbocycles. The van der Waals surface area contributed by atoms with Crippen LogP contribution in [0.3, 0.4) is 0 Å². The molecular formula is C72H135NO8. The Labute approximate surface area is 502 Å². The topological polar surface area (TPSA) is 111 Å². The zero-order chi connectivity index (χ0) is 59.1. The third-order valence-electron chi connectivity index (χ3n) is 15.9. The quantitative estimate of drug-likeness (QED) is 0.0195. The molecule has 0 heterocycles. The fraction of sp³-hybridized carbons (Fsp3) is 0.875. The predicted octanol–water partition coefficient (Wildman–Crippen LogP) is 20.3. The highest BCUT2D eigenvalue weighted by atomic mass is 16.7. The molecule has 0 aromatic rings. The van der Waals surface area contributed by atoms with Crippen LogP contribution in [0.25, 0.3) is 0 Å². The highest BCUT2D eigenvalue weighted by Gasteiger charge is 2.22. The number of hydrogen-bond acceptors (Lipinski definition) is 8. The molecular weight excluding hydrogens is 1010 g/mol. The van der Waals surface area contributed by atoms with Gasteiger partial charge in [0, 0.05) is 12.8 Å². The first kappa shape index (κ1) is 78.5. The minimum atomic E-state index is -1.62. The summed E-state index contributed by atoms with van der Waals surface area (Å²) in [4.78, 5) is 37.5. The van der Waals surface area contributed by atoms with Gasteiger partial charge in [0.15, 0.2) is 12.4 Å². The van der Waals surface area contributed by atoms with Crippen LogP contribution >= 0.6 is 0 Å². The molecule has 0 aliphatic carbocycles. The SMILES string of the molecule is CCCCCCC/C=C\C/C=C\CCCCCCCCCCCCCC(=O)OC(COC(=O)CCCCCCCCCCCCCCCCCCCCCCC/C=C\CCCCCCCCCC)COC(OCC[N+](C)(C)C)C(=O)[O-]. The Morgan fingerprint density at radius 2 is 0.667 bits per heavy atom. The number of carbonyl (C=O) groups is 3. The molecule has 476 valence electrons. The highest BCUT2D eigenvalue weighted by molar-refractivity contribution is 5.70. The van der Waals surface area contributed by atoms with Gasteiger partial charge >= 0.3 is 11.9 Å². The third kappa shape index (κ3) is 64.9. The zero-order valence-corrected chi connectivity index (χ0v) is 54.4. The number of hydrogen-bond donors (Lipinski definition) is 0. The summed E-state index contributed by atoms with van der Waals surface area (Å²) in [7, 11) is 5.94. The van der Waals surface area contributed by atoms with E-state index in [9.17, 15) is 19.5 Å². The number of quaternary nitrogens is 1. The minimum absolute atomic E-state index is 0.149. The van der Waals surface area contributed by atoms with Crippen molar-refractivity contribution < 1.29 is 42.9 Å². The fourth-order valence-electron chi connectivity index (χ4n) is 10.4. The molecule has 0 aromatic heterocycles. The average molecular weight is 1140 g/mol. The van der Waals surface area contributed by atoms with Gasteiger partial charge in [-0.1, -0.05) is 301 Å². The molecule has 2 atom stereocenters. The monoisotopic (exact) mass is 1140 g/mol. The Kier molecular flexibility index (Phi) is 61.6. The van der Waals surface area contributed by atoms with Crippen LogP contribution in [-0.4, -0.2) is 82.3 Å². The van der Waals surface area contributed by atoms with Crippen molar-refractivity contribution in [2.75, 3.05) is 47.5 Å². The Hall–Kier alpha value is -2.49. The van der Waals surface area contributed by atoms with Crippen LogP contribution in [-0.2, 0) is 33.3 Å². The highest BCUT2D eigenvalue weighted by Crippen LogP contribution is 2.18. The van der Waals surface area contributed by atoms with Crippen LogP contribution in [0.5, 0.6) is 0 Å². The van der Waals surface area contributed by atoms with E-state index in [1.54, 1.807) is 0 Å². The summed E-state index contributed by atoms with van der Waals surface area (Å²) < 4.78 is 22.8. The number of ether oxygens (including phenoxy) is 4. The number of carboxylic acid groups (broad SMARTS) is 1. The summed E-state index contributed by atoms with van der Waals surface area (Å²) in [6, 6.07) is 0. The van der Waals surface area contributed by atoms with Crippen LogP contribution < -0.4 is 5.11 Å². The van der Waals surface area contributed by atoms with Crippen molar-refractivity contribution in [3.8, 4) is 0 Å². The number of aliphatic carboxylic acids is 1. The van der Waals surface area contributed by atoms with E-state index in [1.165, 1.54) is 270 Å². The fourth-order valence-corrected chi connectivity index (χ4v) is 10.4. The molecule has 0 spiro atoms. The number of carbonyl (C=O) groups excluding carboxylic acids is 3. The summed E-state index contributed by atoms with van der Waals surface area (Å²) in [6.07, 6.45) is 76.6. The Morgan fingerprint density at radius 3 is 0.988 bits per heavy atom. The lowest BCUT2D eigenvalue weighted by Gasteiger charge is -2.26. The molecule has 0 aromatic carbocycles. The van der Waals surface area contributed by atoms with E-state index in [0.717, 1.165) is 44.9 Å². The van der Waals surface area contributed by atoms with E-state index >= 15 is 0 Å². The normalized spacial score (nSPS) is 12.9. The van der Waals surface area contributed by atoms with E-state index in [1.807, 2.05) is 21.1 Å². The number of unbranched alkanes of at least 4 members (excludes halogenated alkanes) is 45. The molecule has 0 fully saturated rings. The Morgan fingerprint density at radius 1 is 0.370 bits per heavy atom. The molecule has 2 unspecified atom stereocenters. The lowest BCUT2D eigenvalue weighted by atomic mass is 10.0. The lowest BCUT2D eigenvalue weighted by Crippen LogP contribution is -2.44. The summed E-state index contributed by atoms with van der Waals surface area (Å²) in [5, 5.41) is 11.8. The molecule has 81 heavy (non-hydrogen) atoms. The summed E-state index contributed by atoms with van der Waals surface area (Å²) >= 11 is 0. The van der Waals surface area contributed by atoms with Gasteiger partial charge in [0.05, 0.1) is 40.3 Å². The first-order chi connectivity index (χ1) is 39.6. The van der Waals surface area contributed by atoms with Crippen molar-refractivity contribution in [3.05, 3.63) is 36.5 Å². The van der Waals surface area contributed by atoms with Gasteiger partial charge in [0.1, 0.15) is 13.2 Å². The third-order valence-corrected chi connectivity index (χ3v) is 15.9. The molecule has 0 saturated heterocycles. The second-order valence-corrected chi connectivity index (χ2v) is 25.2. The Balaban J connectivity index is 4.04. The van der Waals surface area contributed by atoms with Crippen molar-refractivity contribution in [2.45, 2.75) is 360 Å². The summed E-state index contributed by atoms with van der Waals surface area (Å²) in [6.45, 7) is 4.79. The van der Waals surface area contributed by atoms with Crippen LogP contribution in [0.15, 0.2) is 36.5 Å². The molecule has 0 amide bonds. The maximum atomic E-state index is 12.9. The van der Waals surface area contributed by atoms with Crippen LogP contribution in [0.4, 0.5) is 0 Å². The number of esters is 2. The first-order valence-electron chi connectivity index (χ1n) is 35.1. The van der Waals surface area contributed by atoms with Crippen LogP contribution in [0.1, 0.15) is 348 Å². The number of carboxylic acids is 1. The van der Waals surface area contributed by atoms with Gasteiger partial charge < -0.3 is 33.3 Å². The number of nitrogens with zero attached hydrogens (tertiary/aromatic N) is 1. The largest absolute Gasteiger partial charge is 0.545 e. The molecule has 9 heteroatoms. The summed E-state index contributed by atoms with van der Waals surface area (Å²) in [5.74, 6) is -2.26. The van der Waals surface area contributed by atoms with Gasteiger partial charge in [-0.25, -0.2) is 0 Å². The molecule has 9 nitrogen and oxygen atoms in total. The van der Waals surface area contributed by atoms with E-state index in [-0.39, 0.29) is 32.2 Å². The maximum Gasteiger partial charge on any atom is 0.306 e. The van der Waals surface area contributed by atoms with E-state index in [2.05, 4.69) is 50.3 Å². The van der Waals surface area contributed by atoms with Gasteiger partial charge in [-0.15, -0.1) is 0 Å². The molecule has 0 N–H and O–H groups in total. The smallest absolute Gasteiger partial charge is 0.306 e. The zero-order valence-electron chi connectivity index (χ0n) is 54.4. The maximum absolute atomic E-state index is 12.9. The van der Waals surface area contributed by atoms with Crippen LogP contribution in [0.2, 0.25) is 0 Å². The number of allylic oxidation sites excluding steroid dienone is 6. The van der Waals surface area contributed by atoms with Crippen molar-refractivity contribution in [3.63, 3.8) is 0 Å². The second kappa shape index (κ2) is 63.5. The van der Waals surface area contributed by atoms with E-state index in [4.69, 9.17) is 18.9 Å². The molecule has 0 aliphatic rings. The van der Waals surface area contributed by atoms with Crippen molar-refractivity contribution in [2.24, 2.45) is 0 Å². The molecule has 0 bridgehead atoms. The van der Waals surface area contributed by atoms with E-state index < -0.39 is 24.3 Å². The van der Waals surface area contributed by atoms with E-state index in [0.29, 0.717) is 23.9 Å². The van der Waals surface area contributed by atoms with Gasteiger partial charge in [-0.3, -0.25) is 9.59 Å². The molecule has 0 radical (unpaired) electrons. The van der Waals surface area contributed by atoms with Crippen molar-refractivity contribution in [1.82, 2.24) is 0 Å². The van der Waals surface area contributed by atoms with Gasteiger partial charge in [-0.2, -0.15) is 0 Å². The van der Waals surface area contributed by atoms with Gasteiger partial charge in [0.2, 0.25) is 0 Å². The predicted molar refractivity (Wildman–Crippen MR) is 343 cm³/mol. The van der Waals surface area contributed by atoms with Gasteiger partial charge in [-0.05, 0) is 70.6 Å². The number of rotatable bonds is 66. The van der Waals surface area contributed by atoms with Crippen LogP contribution in [0, 0.1) is 0 Å². The van der Waals surface area contributed by atoms with Crippen molar-refractivity contribution in [1.29, 1.82) is 0 Å². The standard InChI is InChI=1S/C72H135NO8/c1-6-8-10-12-14-16-18-20-22-24-26-28-30-31-32-33-34-35-36-37-38-39-41-42-44-46-48-50-52-54-56-58-60-62-69(74)79-66-68(67-80-72(71(76)77)78-65-64-73(3,4)5)81-70(75)63-61-59-57-55-53-51-49-47-45-43-40-29-27-25-23-21-19-17-15-13-11-9-7-2/h19,21,24-27,68,72H,6-18,20,22-23,28-67H2,1-5H3/b21-19-,26-24-,27-25-. The van der Waals surface area contributed by atoms with Gasteiger partial charge in [0.25, 0.3) is 0 Å². The molecule has 0 aliphatic heterocycles. The minimum Gasteiger partial charge on any atom is -0.545 e. The number of likely N-dealkylation sites (N-methyl/N-ethyl adjacent to an activating group) is 1. The first-order valence-corrected chi connectivity index (χ1v) is 35.1. The summed E-state index contributed by atoms with van der Waals surface area (Å²) in [5.41, 5.74) is 0. The molecule has 0 rings (SSSR count). The van der Waals surface area contributed by atoms with Crippen molar-refractivity contribution >= 4 is 17.9 Å². The Bertz CT molecular complexity index is 1420. The average Bonchev–Trinajstić information content (AvgIpc) is 3.44. The second-order valence-electron chi connectivity index (χ2n) is 25.2. The lowest BCUT2D eigenvalue weighted by molar-refractivity contribution is -0.870.